The van der Waals surface area contributed by atoms with Crippen LogP contribution in [0.4, 0.5) is 0 Å². The highest BCUT2D eigenvalue weighted by Crippen LogP contribution is 2.49. The molecule has 0 aromatic rings. The van der Waals surface area contributed by atoms with Gasteiger partial charge in [-0.25, -0.2) is 4.57 Å². The Labute approximate surface area is 586 Å². The van der Waals surface area contributed by atoms with Crippen LogP contribution in [0.3, 0.4) is 0 Å². The van der Waals surface area contributed by atoms with Crippen LogP contribution < -0.4 is 0 Å². The third-order valence-electron chi connectivity index (χ3n) is 19.2. The smallest absolute Gasteiger partial charge is 0.463 e. The van der Waals surface area contributed by atoms with E-state index < -0.39 is 156 Å². The van der Waals surface area contributed by atoms with Gasteiger partial charge in [0.1, 0.15) is 98.7 Å². The van der Waals surface area contributed by atoms with Crippen molar-refractivity contribution in [3.63, 3.8) is 0 Å². The molecule has 0 spiro atoms. The summed E-state index contributed by atoms with van der Waals surface area (Å²) in [5.74, 6) is -1.31. The Balaban J connectivity index is 1.73. The average molecular weight is 1430 g/mol. The second-order valence-electron chi connectivity index (χ2n) is 28.0. The molecule has 576 valence electrons. The van der Waals surface area contributed by atoms with Crippen molar-refractivity contribution in [1.29, 1.82) is 0 Å². The van der Waals surface area contributed by atoms with Gasteiger partial charge >= 0.3 is 25.7 Å². The van der Waals surface area contributed by atoms with Crippen LogP contribution in [-0.2, 0) is 61.2 Å². The minimum absolute atomic E-state index is 0.0244. The number of carbonyl (C=O) groups excluding carboxylic acids is 3. The maximum Gasteiger partial charge on any atom is 0.472 e. The second kappa shape index (κ2) is 54.3. The molecule has 0 bridgehead atoms. The maximum atomic E-state index is 14.3. The van der Waals surface area contributed by atoms with E-state index in [9.17, 15) is 74.9 Å². The molecule has 3 fully saturated rings. The predicted molar refractivity (Wildman–Crippen MR) is 370 cm³/mol. The van der Waals surface area contributed by atoms with Crippen LogP contribution in [0, 0.1) is 5.92 Å². The first-order valence-electron chi connectivity index (χ1n) is 38.4. The van der Waals surface area contributed by atoms with E-state index in [2.05, 4.69) is 39.8 Å². The van der Waals surface area contributed by atoms with E-state index in [1.54, 1.807) is 0 Å². The van der Waals surface area contributed by atoms with E-state index in [-0.39, 0.29) is 19.3 Å². The first kappa shape index (κ1) is 89.9. The Kier molecular flexibility index (Phi) is 49.9. The lowest BCUT2D eigenvalue weighted by Crippen LogP contribution is -2.69. The summed E-state index contributed by atoms with van der Waals surface area (Å²) in [6.45, 7) is 5.76. The highest BCUT2D eigenvalue weighted by atomic mass is 31.2. The van der Waals surface area contributed by atoms with Gasteiger partial charge in [0.05, 0.1) is 13.2 Å². The fourth-order valence-corrected chi connectivity index (χ4v) is 13.8. The van der Waals surface area contributed by atoms with Crippen molar-refractivity contribution in [2.45, 2.75) is 402 Å². The summed E-state index contributed by atoms with van der Waals surface area (Å²) in [5, 5.41) is 110. The van der Waals surface area contributed by atoms with Gasteiger partial charge in [-0.3, -0.25) is 23.4 Å². The molecule has 98 heavy (non-hydrogen) atoms. The third-order valence-corrected chi connectivity index (χ3v) is 20.2. The van der Waals surface area contributed by atoms with Crippen LogP contribution in [0.15, 0.2) is 12.2 Å². The molecule has 0 aromatic heterocycles. The van der Waals surface area contributed by atoms with Crippen molar-refractivity contribution in [1.82, 2.24) is 0 Å². The van der Waals surface area contributed by atoms with Gasteiger partial charge in [-0.2, -0.15) is 0 Å². The Hall–Kier alpha value is -2.30. The quantitative estimate of drug-likeness (QED) is 0.00886. The van der Waals surface area contributed by atoms with E-state index in [4.69, 9.17) is 42.2 Å². The number of unbranched alkanes of at least 4 members (excludes halogenated alkanes) is 32. The molecule has 2 aliphatic heterocycles. The van der Waals surface area contributed by atoms with Crippen LogP contribution in [0.1, 0.15) is 297 Å². The summed E-state index contributed by atoms with van der Waals surface area (Å²) in [4.78, 5) is 51.0. The number of aliphatic hydroxyl groups excluding tert-OH is 10. The SMILES string of the molecule is CCCCCC/C=C\CCCCCCCCCC(=O)OCC1OC(OC2C(O)C(O)C(O)C(OC3OC(CO)C(O)C(O)C3O)C2OP(=O)(O)OCC(COC(=O)CCCCCCCCCCCCCC)OC(=O)CCCCCCCCC(C)CCCCCCCC)C(O)C(O)C1O. The molecule has 24 nitrogen and oxygen atoms in total. The minimum Gasteiger partial charge on any atom is -0.463 e. The normalized spacial score (nSPS) is 28.0. The zero-order valence-electron chi connectivity index (χ0n) is 60.2. The fourth-order valence-electron chi connectivity index (χ4n) is 12.8. The van der Waals surface area contributed by atoms with E-state index in [1.807, 2.05) is 0 Å². The Bertz CT molecular complexity index is 2090. The number of allylic oxidation sites excluding steroid dienone is 2. The number of esters is 3. The second-order valence-corrected chi connectivity index (χ2v) is 29.4. The highest BCUT2D eigenvalue weighted by Gasteiger charge is 2.58. The molecule has 1 aliphatic carbocycles. The van der Waals surface area contributed by atoms with Gasteiger partial charge in [-0.05, 0) is 50.9 Å². The monoisotopic (exact) mass is 1430 g/mol. The highest BCUT2D eigenvalue weighted by molar-refractivity contribution is 7.47. The third kappa shape index (κ3) is 37.4. The molecule has 1 saturated carbocycles. The molecule has 0 amide bonds. The van der Waals surface area contributed by atoms with E-state index in [0.717, 1.165) is 116 Å². The van der Waals surface area contributed by atoms with E-state index in [0.29, 0.717) is 25.2 Å². The Morgan fingerprint density at radius 3 is 1.21 bits per heavy atom. The van der Waals surface area contributed by atoms with Crippen molar-refractivity contribution >= 4 is 25.7 Å². The number of phosphoric acid groups is 1. The van der Waals surface area contributed by atoms with Gasteiger partial charge < -0.3 is 89.1 Å². The predicted octanol–water partition coefficient (Wildman–Crippen LogP) is 10.6. The summed E-state index contributed by atoms with van der Waals surface area (Å²) in [7, 11) is -5.70. The van der Waals surface area contributed by atoms with Crippen molar-refractivity contribution in [3.8, 4) is 0 Å². The topological polar surface area (TPSA) is 374 Å². The fraction of sp³-hybridized carbons (Fsp3) is 0.932. The summed E-state index contributed by atoms with van der Waals surface area (Å²) in [6.07, 6.45) is 11.4. The number of ether oxygens (including phenoxy) is 7. The van der Waals surface area contributed by atoms with Gasteiger partial charge in [0.2, 0.25) is 0 Å². The largest absolute Gasteiger partial charge is 0.472 e. The standard InChI is InChI=1S/C73H135O24P/c1-5-8-11-14-17-19-21-23-24-25-27-29-31-37-42-47-58(76)90-52-56-61(79)63(81)68(86)73(94-56)96-70-66(84)64(82)65(83)69(95-72-67(85)62(80)60(78)55(49-74)93-72)71(70)97-98(87,88)91-51-54(50-89-57(75)46-41-36-30-28-26-22-20-18-15-12-9-6-2)92-59(77)48-43-38-33-32-35-40-45-53(4)44-39-34-16-13-10-7-3/h19,21,53-56,60-74,78-86H,5-18,20,22-52H2,1-4H3,(H,87,88)/b21-19-. The molecular formula is C73H135O24P. The van der Waals surface area contributed by atoms with Crippen molar-refractivity contribution < 1.29 is 117 Å². The van der Waals surface area contributed by atoms with Crippen LogP contribution in [0.25, 0.3) is 0 Å². The molecule has 2 saturated heterocycles. The first-order valence-corrected chi connectivity index (χ1v) is 39.9. The molecule has 0 radical (unpaired) electrons. The molecule has 25 heteroatoms. The van der Waals surface area contributed by atoms with Gasteiger partial charge in [-0.15, -0.1) is 0 Å². The zero-order chi connectivity index (χ0) is 71.9. The number of rotatable bonds is 59. The molecule has 11 N–H and O–H groups in total. The summed E-state index contributed by atoms with van der Waals surface area (Å²) >= 11 is 0. The van der Waals surface area contributed by atoms with Crippen molar-refractivity contribution in [3.05, 3.63) is 12.2 Å². The van der Waals surface area contributed by atoms with Crippen LogP contribution in [0.2, 0.25) is 0 Å². The molecule has 19 atom stereocenters. The number of hydrogen-bond acceptors (Lipinski definition) is 23. The van der Waals surface area contributed by atoms with Crippen LogP contribution in [-0.4, -0.2) is 204 Å². The molecule has 3 aliphatic rings. The molecular weight excluding hydrogens is 1290 g/mol. The molecule has 19 unspecified atom stereocenters. The summed E-state index contributed by atoms with van der Waals surface area (Å²) in [6, 6.07) is 0. The van der Waals surface area contributed by atoms with E-state index >= 15 is 0 Å². The Morgan fingerprint density at radius 2 is 0.776 bits per heavy atom. The summed E-state index contributed by atoms with van der Waals surface area (Å²) < 4.78 is 65.1. The van der Waals surface area contributed by atoms with Gasteiger partial charge in [0.25, 0.3) is 0 Å². The number of hydrogen-bond donors (Lipinski definition) is 11. The molecule has 0 aromatic carbocycles. The summed E-state index contributed by atoms with van der Waals surface area (Å²) in [5.41, 5.74) is 0. The van der Waals surface area contributed by atoms with Gasteiger partial charge in [-0.1, -0.05) is 245 Å². The lowest BCUT2D eigenvalue weighted by atomic mass is 9.84. The van der Waals surface area contributed by atoms with Crippen LogP contribution in [0.5, 0.6) is 0 Å². The molecule has 2 heterocycles. The van der Waals surface area contributed by atoms with E-state index in [1.165, 1.54) is 116 Å². The average Bonchev–Trinajstić information content (AvgIpc) is 0.767. The lowest BCUT2D eigenvalue weighted by Gasteiger charge is -2.49. The zero-order valence-corrected chi connectivity index (χ0v) is 61.1. The minimum atomic E-state index is -5.70. The Morgan fingerprint density at radius 1 is 0.418 bits per heavy atom. The number of aliphatic hydroxyl groups is 10. The van der Waals surface area contributed by atoms with Gasteiger partial charge in [0.15, 0.2) is 18.7 Å². The maximum absolute atomic E-state index is 14.3. The van der Waals surface area contributed by atoms with Crippen molar-refractivity contribution in [2.75, 3.05) is 26.4 Å². The van der Waals surface area contributed by atoms with Crippen molar-refractivity contribution in [2.24, 2.45) is 5.92 Å². The lowest BCUT2D eigenvalue weighted by molar-refractivity contribution is -0.360. The molecule has 3 rings (SSSR count). The van der Waals surface area contributed by atoms with Crippen LogP contribution >= 0.6 is 7.82 Å². The van der Waals surface area contributed by atoms with Gasteiger partial charge in [0, 0.05) is 19.3 Å². The number of carbonyl (C=O) groups is 3. The number of phosphoric ester groups is 1. The first-order chi connectivity index (χ1) is 47.2.